The second-order valence-electron chi connectivity index (χ2n) is 6.14. The fourth-order valence-electron chi connectivity index (χ4n) is 3.67. The van der Waals surface area contributed by atoms with Gasteiger partial charge in [0.15, 0.2) is 0 Å². The fourth-order valence-corrected chi connectivity index (χ4v) is 4.30. The molecule has 1 nitrogen and oxygen atoms in total. The van der Waals surface area contributed by atoms with Gasteiger partial charge in [0.25, 0.3) is 0 Å². The summed E-state index contributed by atoms with van der Waals surface area (Å²) in [6.45, 7) is 7.04. The van der Waals surface area contributed by atoms with Crippen LogP contribution in [0.4, 0.5) is 0 Å². The molecule has 17 heavy (non-hydrogen) atoms. The van der Waals surface area contributed by atoms with E-state index in [-0.39, 0.29) is 0 Å². The highest BCUT2D eigenvalue weighted by atomic mass is 32.2. The van der Waals surface area contributed by atoms with Gasteiger partial charge in [0, 0.05) is 6.54 Å². The van der Waals surface area contributed by atoms with Gasteiger partial charge in [-0.2, -0.15) is 11.8 Å². The summed E-state index contributed by atoms with van der Waals surface area (Å²) in [4.78, 5) is 0. The lowest BCUT2D eigenvalue weighted by atomic mass is 9.79. The van der Waals surface area contributed by atoms with Crippen molar-refractivity contribution in [3.05, 3.63) is 0 Å². The average Bonchev–Trinajstić information content (AvgIpc) is 2.94. The lowest BCUT2D eigenvalue weighted by Crippen LogP contribution is -2.34. The summed E-state index contributed by atoms with van der Waals surface area (Å²) in [5.74, 6) is 4.91. The first-order valence-corrected chi connectivity index (χ1v) is 8.73. The molecule has 2 fully saturated rings. The molecular weight excluding hydrogens is 226 g/mol. The summed E-state index contributed by atoms with van der Waals surface area (Å²) in [5.41, 5.74) is 0.692. The summed E-state index contributed by atoms with van der Waals surface area (Å²) in [7, 11) is 0. The number of hydrogen-bond donors (Lipinski definition) is 1. The molecule has 2 rings (SSSR count). The second kappa shape index (κ2) is 6.47. The Morgan fingerprint density at radius 2 is 2.00 bits per heavy atom. The van der Waals surface area contributed by atoms with Crippen LogP contribution in [-0.4, -0.2) is 24.6 Å². The average molecular weight is 255 g/mol. The van der Waals surface area contributed by atoms with Gasteiger partial charge in [0.2, 0.25) is 0 Å². The Labute approximate surface area is 112 Å². The van der Waals surface area contributed by atoms with E-state index in [9.17, 15) is 0 Å². The van der Waals surface area contributed by atoms with Crippen molar-refractivity contribution in [2.45, 2.75) is 52.4 Å². The van der Waals surface area contributed by atoms with Crippen LogP contribution in [0.25, 0.3) is 0 Å². The van der Waals surface area contributed by atoms with Gasteiger partial charge >= 0.3 is 0 Å². The third kappa shape index (κ3) is 3.89. The molecule has 0 radical (unpaired) electrons. The van der Waals surface area contributed by atoms with Crippen molar-refractivity contribution in [3.8, 4) is 0 Å². The van der Waals surface area contributed by atoms with E-state index in [1.54, 1.807) is 6.42 Å². The molecule has 2 heteroatoms. The minimum atomic E-state index is 0.692. The number of thioether (sulfide) groups is 1. The van der Waals surface area contributed by atoms with Gasteiger partial charge in [-0.1, -0.05) is 13.8 Å². The molecule has 0 aliphatic heterocycles. The maximum Gasteiger partial charge on any atom is 0.000802 e. The number of hydrogen-bond acceptors (Lipinski definition) is 2. The van der Waals surface area contributed by atoms with Crippen molar-refractivity contribution in [1.82, 2.24) is 5.32 Å². The normalized spacial score (nSPS) is 34.9. The number of nitrogens with one attached hydrogen (secondary N) is 1. The molecule has 2 aliphatic rings. The van der Waals surface area contributed by atoms with Crippen LogP contribution >= 0.6 is 11.8 Å². The van der Waals surface area contributed by atoms with E-state index < -0.39 is 0 Å². The highest BCUT2D eigenvalue weighted by molar-refractivity contribution is 7.99. The first-order chi connectivity index (χ1) is 8.29. The Hall–Kier alpha value is 0.310. The molecular formula is C15H29NS. The zero-order valence-electron chi connectivity index (χ0n) is 11.6. The number of fused-ring (bicyclic) bond motifs is 1. The molecule has 0 aromatic rings. The quantitative estimate of drug-likeness (QED) is 0.626. The molecule has 0 bridgehead atoms. The van der Waals surface area contributed by atoms with Crippen molar-refractivity contribution in [2.75, 3.05) is 24.6 Å². The maximum absolute atomic E-state index is 3.69. The van der Waals surface area contributed by atoms with Crippen LogP contribution in [0.3, 0.4) is 0 Å². The Morgan fingerprint density at radius 3 is 2.65 bits per heavy atom. The highest BCUT2D eigenvalue weighted by Gasteiger charge is 2.52. The van der Waals surface area contributed by atoms with Crippen molar-refractivity contribution < 1.29 is 0 Å². The van der Waals surface area contributed by atoms with Gasteiger partial charge in [-0.15, -0.1) is 0 Å². The van der Waals surface area contributed by atoms with Gasteiger partial charge in [-0.05, 0) is 73.8 Å². The fraction of sp³-hybridized carbons (Fsp3) is 1.00. The number of rotatable bonds is 9. The van der Waals surface area contributed by atoms with E-state index >= 15 is 0 Å². The highest BCUT2D eigenvalue weighted by Crippen LogP contribution is 2.61. The first kappa shape index (κ1) is 13.7. The Kier molecular flexibility index (Phi) is 5.23. The van der Waals surface area contributed by atoms with Crippen LogP contribution in [0, 0.1) is 17.3 Å². The lowest BCUT2D eigenvalue weighted by Gasteiger charge is -2.31. The zero-order valence-corrected chi connectivity index (χ0v) is 12.5. The second-order valence-corrected chi connectivity index (χ2v) is 7.54. The molecule has 0 heterocycles. The van der Waals surface area contributed by atoms with Gasteiger partial charge in [0.05, 0.1) is 0 Å². The van der Waals surface area contributed by atoms with E-state index in [0.717, 1.165) is 11.8 Å². The van der Waals surface area contributed by atoms with Crippen LogP contribution in [0.1, 0.15) is 52.4 Å². The molecule has 2 atom stereocenters. The molecule has 0 aromatic heterocycles. The minimum absolute atomic E-state index is 0.692. The Morgan fingerprint density at radius 1 is 1.24 bits per heavy atom. The monoisotopic (exact) mass is 255 g/mol. The van der Waals surface area contributed by atoms with Gasteiger partial charge in [-0.3, -0.25) is 0 Å². The van der Waals surface area contributed by atoms with Crippen LogP contribution in [0.2, 0.25) is 0 Å². The van der Waals surface area contributed by atoms with Crippen LogP contribution in [-0.2, 0) is 0 Å². The summed E-state index contributed by atoms with van der Waals surface area (Å²) >= 11 is 2.11. The molecule has 2 aliphatic carbocycles. The summed E-state index contributed by atoms with van der Waals surface area (Å²) in [6, 6.07) is 0. The molecule has 0 amide bonds. The van der Waals surface area contributed by atoms with Crippen LogP contribution in [0.5, 0.6) is 0 Å². The molecule has 0 aromatic carbocycles. The molecule has 2 unspecified atom stereocenters. The van der Waals surface area contributed by atoms with E-state index in [0.29, 0.717) is 5.41 Å². The van der Waals surface area contributed by atoms with Gasteiger partial charge in [0.1, 0.15) is 0 Å². The molecule has 100 valence electrons. The SMILES string of the molecule is CCCNCC1(CCCSCC)CC2CC2C1. The first-order valence-electron chi connectivity index (χ1n) is 7.58. The predicted molar refractivity (Wildman–Crippen MR) is 78.7 cm³/mol. The van der Waals surface area contributed by atoms with Gasteiger partial charge < -0.3 is 5.32 Å². The zero-order chi connectivity index (χ0) is 12.1. The van der Waals surface area contributed by atoms with E-state index in [2.05, 4.69) is 30.9 Å². The molecule has 1 N–H and O–H groups in total. The van der Waals surface area contributed by atoms with Crippen molar-refractivity contribution >= 4 is 11.8 Å². The summed E-state index contributed by atoms with van der Waals surface area (Å²) in [6.07, 6.45) is 8.81. The smallest absolute Gasteiger partial charge is 0.000802 e. The summed E-state index contributed by atoms with van der Waals surface area (Å²) < 4.78 is 0. The molecule has 0 saturated heterocycles. The van der Waals surface area contributed by atoms with Crippen LogP contribution in [0.15, 0.2) is 0 Å². The molecule has 0 spiro atoms. The topological polar surface area (TPSA) is 12.0 Å². The Bertz CT molecular complexity index is 219. The third-order valence-electron chi connectivity index (χ3n) is 4.59. The van der Waals surface area contributed by atoms with Crippen molar-refractivity contribution in [3.63, 3.8) is 0 Å². The Balaban J connectivity index is 1.72. The van der Waals surface area contributed by atoms with Crippen molar-refractivity contribution in [1.29, 1.82) is 0 Å². The van der Waals surface area contributed by atoms with E-state index in [1.807, 2.05) is 0 Å². The van der Waals surface area contributed by atoms with E-state index in [4.69, 9.17) is 0 Å². The van der Waals surface area contributed by atoms with E-state index in [1.165, 1.54) is 56.7 Å². The third-order valence-corrected chi connectivity index (χ3v) is 5.57. The maximum atomic E-state index is 3.69. The summed E-state index contributed by atoms with van der Waals surface area (Å²) in [5, 5.41) is 3.69. The van der Waals surface area contributed by atoms with Gasteiger partial charge in [-0.25, -0.2) is 0 Å². The minimum Gasteiger partial charge on any atom is -0.316 e. The predicted octanol–water partition coefficient (Wildman–Crippen LogP) is 3.94. The van der Waals surface area contributed by atoms with Crippen LogP contribution < -0.4 is 5.32 Å². The largest absolute Gasteiger partial charge is 0.316 e. The molecule has 2 saturated carbocycles. The standard InChI is InChI=1S/C15H29NS/c1-3-7-16-12-15(6-5-8-17-4-2)10-13-9-14(13)11-15/h13-14,16H,3-12H2,1-2H3. The van der Waals surface area contributed by atoms with Crippen molar-refractivity contribution in [2.24, 2.45) is 17.3 Å². The lowest BCUT2D eigenvalue weighted by molar-refractivity contribution is 0.229.